The van der Waals surface area contributed by atoms with Crippen LogP contribution in [0.4, 0.5) is 10.6 Å². The van der Waals surface area contributed by atoms with Crippen LogP contribution in [0.25, 0.3) is 0 Å². The summed E-state index contributed by atoms with van der Waals surface area (Å²) >= 11 is 0. The topological polar surface area (TPSA) is 119 Å². The number of aryl methyl sites for hydroxylation is 1. The van der Waals surface area contributed by atoms with E-state index < -0.39 is 16.1 Å². The molecule has 0 spiro atoms. The molecule has 1 aromatic rings. The van der Waals surface area contributed by atoms with Gasteiger partial charge in [-0.3, -0.25) is 4.68 Å². The lowest BCUT2D eigenvalue weighted by Crippen LogP contribution is -2.39. The van der Waals surface area contributed by atoms with Crippen molar-refractivity contribution in [3.05, 3.63) is 5.69 Å². The van der Waals surface area contributed by atoms with E-state index in [1.807, 2.05) is 4.72 Å². The molecular formula is C8H15N5O3S. The summed E-state index contributed by atoms with van der Waals surface area (Å²) in [5.74, 6) is -0.137. The van der Waals surface area contributed by atoms with Gasteiger partial charge in [-0.05, 0) is 13.8 Å². The third-order valence-corrected chi connectivity index (χ3v) is 3.63. The van der Waals surface area contributed by atoms with Crippen LogP contribution >= 0.6 is 0 Å². The Morgan fingerprint density at radius 3 is 2.53 bits per heavy atom. The molecule has 9 heteroatoms. The second-order valence-electron chi connectivity index (χ2n) is 3.39. The highest BCUT2D eigenvalue weighted by Crippen LogP contribution is 2.20. The summed E-state index contributed by atoms with van der Waals surface area (Å²) in [5.41, 5.74) is 5.86. The molecule has 0 fully saturated rings. The smallest absolute Gasteiger partial charge is 0.328 e. The highest BCUT2D eigenvalue weighted by molar-refractivity contribution is 7.90. The van der Waals surface area contributed by atoms with Crippen LogP contribution in [0.2, 0.25) is 0 Å². The first-order valence-corrected chi connectivity index (χ1v) is 6.37. The van der Waals surface area contributed by atoms with Gasteiger partial charge in [0.1, 0.15) is 0 Å². The number of rotatable bonds is 3. The first-order valence-electron chi connectivity index (χ1n) is 4.89. The number of sulfonamides is 1. The van der Waals surface area contributed by atoms with Gasteiger partial charge in [-0.1, -0.05) is 0 Å². The van der Waals surface area contributed by atoms with Crippen LogP contribution < -0.4 is 15.8 Å². The number of nitrogens with two attached hydrogens (primary N) is 1. The highest BCUT2D eigenvalue weighted by Gasteiger charge is 2.26. The molecule has 0 radical (unpaired) electrons. The summed E-state index contributed by atoms with van der Waals surface area (Å²) in [6.07, 6.45) is 0. The summed E-state index contributed by atoms with van der Waals surface area (Å²) in [7, 11) is -2.43. The average Bonchev–Trinajstić information content (AvgIpc) is 2.40. The standard InChI is InChI=1S/C8H15N5O3S/c1-4-10-8(14)12-17(15,16)6-5(2)13(3)11-7(6)9/h4H2,1-3H3,(H2,9,11)(H2,10,12,14). The van der Waals surface area contributed by atoms with Gasteiger partial charge >= 0.3 is 6.03 Å². The largest absolute Gasteiger partial charge is 0.381 e. The molecule has 0 aliphatic rings. The Hall–Kier alpha value is -1.77. The van der Waals surface area contributed by atoms with Crippen LogP contribution in [0.15, 0.2) is 4.90 Å². The minimum absolute atomic E-state index is 0.137. The lowest BCUT2D eigenvalue weighted by atomic mass is 10.5. The molecule has 1 heterocycles. The molecule has 4 N–H and O–H groups in total. The van der Waals surface area contributed by atoms with Crippen molar-refractivity contribution < 1.29 is 13.2 Å². The first kappa shape index (κ1) is 13.3. The van der Waals surface area contributed by atoms with Gasteiger partial charge in [-0.2, -0.15) is 5.10 Å². The van der Waals surface area contributed by atoms with Crippen molar-refractivity contribution in [1.29, 1.82) is 0 Å². The van der Waals surface area contributed by atoms with Crippen molar-refractivity contribution in [3.8, 4) is 0 Å². The van der Waals surface area contributed by atoms with Gasteiger partial charge in [0, 0.05) is 13.6 Å². The van der Waals surface area contributed by atoms with E-state index in [9.17, 15) is 13.2 Å². The van der Waals surface area contributed by atoms with E-state index in [0.29, 0.717) is 12.2 Å². The third-order valence-electron chi connectivity index (χ3n) is 2.14. The van der Waals surface area contributed by atoms with Gasteiger partial charge in [0.15, 0.2) is 10.7 Å². The average molecular weight is 261 g/mol. The van der Waals surface area contributed by atoms with Crippen LogP contribution in [0.5, 0.6) is 0 Å². The monoisotopic (exact) mass is 261 g/mol. The lowest BCUT2D eigenvalue weighted by molar-refractivity contribution is 0.246. The molecule has 0 atom stereocenters. The second kappa shape index (κ2) is 4.62. The predicted molar refractivity (Wildman–Crippen MR) is 61.8 cm³/mol. The van der Waals surface area contributed by atoms with Gasteiger partial charge in [-0.25, -0.2) is 17.9 Å². The number of nitrogens with zero attached hydrogens (tertiary/aromatic N) is 2. The molecule has 96 valence electrons. The first-order chi connectivity index (χ1) is 7.79. The lowest BCUT2D eigenvalue weighted by Gasteiger charge is -2.07. The van der Waals surface area contributed by atoms with Crippen molar-refractivity contribution in [2.24, 2.45) is 7.05 Å². The Bertz CT molecular complexity index is 534. The molecule has 0 saturated heterocycles. The number of aromatic nitrogens is 2. The van der Waals surface area contributed by atoms with Gasteiger partial charge < -0.3 is 11.1 Å². The van der Waals surface area contributed by atoms with Crippen LogP contribution in [0.3, 0.4) is 0 Å². The van der Waals surface area contributed by atoms with Gasteiger partial charge in [0.2, 0.25) is 0 Å². The summed E-state index contributed by atoms with van der Waals surface area (Å²) in [5, 5.41) is 6.09. The zero-order chi connectivity index (χ0) is 13.2. The molecule has 0 aliphatic heterocycles. The molecule has 2 amide bonds. The fourth-order valence-corrected chi connectivity index (χ4v) is 2.57. The van der Waals surface area contributed by atoms with Crippen molar-refractivity contribution in [1.82, 2.24) is 19.8 Å². The molecule has 0 saturated carbocycles. The Morgan fingerprint density at radius 1 is 1.53 bits per heavy atom. The number of nitrogen functional groups attached to an aromatic ring is 1. The third kappa shape index (κ3) is 2.67. The Morgan fingerprint density at radius 2 is 2.12 bits per heavy atom. The van der Waals surface area contributed by atoms with Gasteiger partial charge in [0.25, 0.3) is 10.0 Å². The van der Waals surface area contributed by atoms with E-state index in [2.05, 4.69) is 10.4 Å². The van der Waals surface area contributed by atoms with Crippen molar-refractivity contribution >= 4 is 21.9 Å². The van der Waals surface area contributed by atoms with E-state index >= 15 is 0 Å². The zero-order valence-corrected chi connectivity index (χ0v) is 10.6. The quantitative estimate of drug-likeness (QED) is 0.666. The number of amides is 2. The van der Waals surface area contributed by atoms with E-state index in [4.69, 9.17) is 5.73 Å². The van der Waals surface area contributed by atoms with Crippen LogP contribution in [0, 0.1) is 6.92 Å². The summed E-state index contributed by atoms with van der Waals surface area (Å²) in [6, 6.07) is -0.796. The number of nitrogens with one attached hydrogen (secondary N) is 2. The molecule has 1 rings (SSSR count). The molecular weight excluding hydrogens is 246 g/mol. The maximum Gasteiger partial charge on any atom is 0.328 e. The maximum absolute atomic E-state index is 11.9. The Labute approximate surface area is 99.2 Å². The molecule has 17 heavy (non-hydrogen) atoms. The predicted octanol–water partition coefficient (Wildman–Crippen LogP) is -0.681. The molecule has 0 bridgehead atoms. The molecule has 0 unspecified atom stereocenters. The Balaban J connectivity index is 3.10. The fourth-order valence-electron chi connectivity index (χ4n) is 1.32. The molecule has 0 aromatic carbocycles. The fraction of sp³-hybridized carbons (Fsp3) is 0.500. The minimum Gasteiger partial charge on any atom is -0.381 e. The normalized spacial score (nSPS) is 11.2. The zero-order valence-electron chi connectivity index (χ0n) is 9.81. The number of anilines is 1. The summed E-state index contributed by atoms with van der Waals surface area (Å²) < 4.78 is 26.9. The van der Waals surface area contributed by atoms with E-state index in [-0.39, 0.29) is 10.7 Å². The number of carbonyl (C=O) groups excluding carboxylic acids is 1. The highest BCUT2D eigenvalue weighted by atomic mass is 32.2. The molecule has 8 nitrogen and oxygen atoms in total. The van der Waals surface area contributed by atoms with E-state index in [1.54, 1.807) is 20.9 Å². The SMILES string of the molecule is CCNC(=O)NS(=O)(=O)c1c(N)nn(C)c1C. The van der Waals surface area contributed by atoms with E-state index in [1.165, 1.54) is 4.68 Å². The van der Waals surface area contributed by atoms with Crippen LogP contribution in [-0.2, 0) is 17.1 Å². The van der Waals surface area contributed by atoms with Crippen molar-refractivity contribution in [3.63, 3.8) is 0 Å². The Kier molecular flexibility index (Phi) is 3.61. The van der Waals surface area contributed by atoms with Crippen LogP contribution in [-0.4, -0.2) is 30.8 Å². The van der Waals surface area contributed by atoms with E-state index in [0.717, 1.165) is 0 Å². The minimum atomic E-state index is -3.99. The van der Waals surface area contributed by atoms with Crippen molar-refractivity contribution in [2.75, 3.05) is 12.3 Å². The number of hydrogen-bond acceptors (Lipinski definition) is 5. The summed E-state index contributed by atoms with van der Waals surface area (Å²) in [6.45, 7) is 3.55. The van der Waals surface area contributed by atoms with Crippen molar-refractivity contribution in [2.45, 2.75) is 18.7 Å². The summed E-state index contributed by atoms with van der Waals surface area (Å²) in [4.78, 5) is 11.0. The van der Waals surface area contributed by atoms with Gasteiger partial charge in [-0.15, -0.1) is 0 Å². The maximum atomic E-state index is 11.9. The van der Waals surface area contributed by atoms with Gasteiger partial charge in [0.05, 0.1) is 5.69 Å². The number of hydrogen-bond donors (Lipinski definition) is 3. The number of carbonyl (C=O) groups is 1. The second-order valence-corrected chi connectivity index (χ2v) is 5.01. The number of urea groups is 1. The molecule has 1 aromatic heterocycles. The molecule has 0 aliphatic carbocycles. The van der Waals surface area contributed by atoms with Crippen LogP contribution in [0.1, 0.15) is 12.6 Å².